The average molecular weight is 438 g/mol. The fourth-order valence-corrected chi connectivity index (χ4v) is 3.91. The van der Waals surface area contributed by atoms with Crippen LogP contribution in [-0.4, -0.2) is 26.0 Å². The van der Waals surface area contributed by atoms with E-state index in [0.717, 1.165) is 5.56 Å². The Morgan fingerprint density at radius 2 is 1.76 bits per heavy atom. The third kappa shape index (κ3) is 4.11. The summed E-state index contributed by atoms with van der Waals surface area (Å²) in [6.07, 6.45) is -5.12. The molecule has 0 amide bonds. The van der Waals surface area contributed by atoms with Gasteiger partial charge in [0.1, 0.15) is 0 Å². The molecule has 1 unspecified atom stereocenters. The number of halogens is 4. The van der Waals surface area contributed by atoms with E-state index in [1.807, 2.05) is 32.9 Å². The minimum absolute atomic E-state index is 0.247. The van der Waals surface area contributed by atoms with Gasteiger partial charge in [-0.05, 0) is 29.3 Å². The normalized spacial score (nSPS) is 21.9. The summed E-state index contributed by atoms with van der Waals surface area (Å²) in [7, 11) is -2.72. The Bertz CT molecular complexity index is 653. The van der Waals surface area contributed by atoms with Crippen LogP contribution in [0.3, 0.4) is 0 Å². The van der Waals surface area contributed by atoms with E-state index in [0.29, 0.717) is 10.9 Å². The molecule has 1 atom stereocenters. The van der Waals surface area contributed by atoms with Crippen LogP contribution >= 0.6 is 15.9 Å². The second-order valence-electron chi connectivity index (χ2n) is 7.75. The molecule has 25 heavy (non-hydrogen) atoms. The molecule has 140 valence electrons. The highest BCUT2D eigenvalue weighted by Crippen LogP contribution is 2.48. The monoisotopic (exact) mass is 437 g/mol. The molecule has 0 N–H and O–H groups in total. The van der Waals surface area contributed by atoms with Crippen LogP contribution in [-0.2, 0) is 14.6 Å². The Balaban J connectivity index is 2.30. The van der Waals surface area contributed by atoms with E-state index < -0.39 is 26.7 Å². The maximum atomic E-state index is 13.8. The maximum Gasteiger partial charge on any atom is 0.457 e. The first-order valence-electron chi connectivity index (χ1n) is 7.98. The van der Waals surface area contributed by atoms with E-state index in [1.165, 1.54) is 0 Å². The third-order valence-corrected chi connectivity index (χ3v) is 9.90. The van der Waals surface area contributed by atoms with Crippen molar-refractivity contribution in [2.24, 2.45) is 5.16 Å². The molecule has 0 bridgehead atoms. The highest BCUT2D eigenvalue weighted by Gasteiger charge is 2.65. The molecule has 0 fully saturated rings. The van der Waals surface area contributed by atoms with Crippen LogP contribution in [0.1, 0.15) is 38.3 Å². The van der Waals surface area contributed by atoms with Gasteiger partial charge in [-0.2, -0.15) is 13.2 Å². The summed E-state index contributed by atoms with van der Waals surface area (Å²) in [6.45, 7) is 9.20. The smallest absolute Gasteiger partial charge is 0.372 e. The summed E-state index contributed by atoms with van der Waals surface area (Å²) in [5, 5.41) is 4.03. The van der Waals surface area contributed by atoms with Crippen molar-refractivity contribution in [2.45, 2.75) is 62.6 Å². The second kappa shape index (κ2) is 6.70. The highest BCUT2D eigenvalue weighted by atomic mass is 79.9. The minimum atomic E-state index is -4.68. The molecule has 1 aliphatic heterocycles. The molecule has 8 heteroatoms. The van der Waals surface area contributed by atoms with Crippen molar-refractivity contribution in [3.05, 3.63) is 35.4 Å². The van der Waals surface area contributed by atoms with Crippen molar-refractivity contribution in [1.29, 1.82) is 0 Å². The van der Waals surface area contributed by atoms with Crippen molar-refractivity contribution in [3.8, 4) is 0 Å². The summed E-state index contributed by atoms with van der Waals surface area (Å²) in [5.74, 6) is -2.71. The Hall–Kier alpha value is -0.863. The molecule has 3 nitrogen and oxygen atoms in total. The van der Waals surface area contributed by atoms with Crippen LogP contribution < -0.4 is 0 Å². The number of nitrogens with zero attached hydrogens (tertiary/aromatic N) is 1. The first-order chi connectivity index (χ1) is 11.3. The summed E-state index contributed by atoms with van der Waals surface area (Å²) >= 11 is 3.34. The summed E-state index contributed by atoms with van der Waals surface area (Å²) < 4.78 is 47.2. The lowest BCUT2D eigenvalue weighted by Crippen LogP contribution is -2.57. The maximum absolute atomic E-state index is 13.8. The van der Waals surface area contributed by atoms with Crippen molar-refractivity contribution in [1.82, 2.24) is 0 Å². The molecule has 1 aliphatic rings. The summed E-state index contributed by atoms with van der Waals surface area (Å²) in [4.78, 5) is 4.93. The van der Waals surface area contributed by atoms with E-state index in [4.69, 9.17) is 9.26 Å². The molecule has 0 saturated carbocycles. The van der Waals surface area contributed by atoms with Gasteiger partial charge >= 0.3 is 12.0 Å². The Morgan fingerprint density at radius 3 is 2.20 bits per heavy atom. The lowest BCUT2D eigenvalue weighted by Gasteiger charge is -2.42. The van der Waals surface area contributed by atoms with Gasteiger partial charge in [0.2, 0.25) is 0 Å². The number of oxime groups is 1. The lowest BCUT2D eigenvalue weighted by molar-refractivity contribution is -0.347. The molecule has 0 aromatic heterocycles. The number of hydrogen-bond donors (Lipinski definition) is 0. The Kier molecular flexibility index (Phi) is 5.48. The third-order valence-electron chi connectivity index (χ3n) is 4.80. The predicted molar refractivity (Wildman–Crippen MR) is 98.4 cm³/mol. The molecule has 0 saturated heterocycles. The molecule has 1 aromatic carbocycles. The van der Waals surface area contributed by atoms with E-state index in [1.54, 1.807) is 25.2 Å². The molecule has 0 spiro atoms. The molecule has 1 heterocycles. The van der Waals surface area contributed by atoms with Gasteiger partial charge in [-0.1, -0.05) is 66.1 Å². The second-order valence-corrected chi connectivity index (χ2v) is 13.0. The fraction of sp³-hybridized carbons (Fsp3) is 0.588. The van der Waals surface area contributed by atoms with Gasteiger partial charge in [-0.25, -0.2) is 0 Å². The number of benzene rings is 1. The number of alkyl halides is 4. The van der Waals surface area contributed by atoms with Gasteiger partial charge in [0, 0.05) is 5.33 Å². The first kappa shape index (κ1) is 20.4. The predicted octanol–water partition coefficient (Wildman–Crippen LogP) is 5.99. The van der Waals surface area contributed by atoms with Crippen molar-refractivity contribution < 1.29 is 22.4 Å². The van der Waals surface area contributed by atoms with Gasteiger partial charge < -0.3 is 9.26 Å². The van der Waals surface area contributed by atoms with E-state index in [9.17, 15) is 13.2 Å². The van der Waals surface area contributed by atoms with E-state index in [2.05, 4.69) is 21.1 Å². The van der Waals surface area contributed by atoms with Crippen LogP contribution in [0, 0.1) is 0 Å². The van der Waals surface area contributed by atoms with Crippen molar-refractivity contribution in [3.63, 3.8) is 0 Å². The zero-order valence-corrected chi connectivity index (χ0v) is 17.6. The SMILES string of the molecule is CC(C)(C)[Si](C)(C)OC1(C(F)(F)F)CC(c2ccc(CBr)cc2)=NO1. The molecule has 1 aromatic rings. The van der Waals surface area contributed by atoms with Gasteiger partial charge in [-0.15, -0.1) is 0 Å². The Labute approximate surface area is 155 Å². The largest absolute Gasteiger partial charge is 0.457 e. The van der Waals surface area contributed by atoms with Crippen molar-refractivity contribution >= 4 is 30.0 Å². The van der Waals surface area contributed by atoms with E-state index >= 15 is 0 Å². The standard InChI is InChI=1S/C17H23BrF3NO2Si/c1-15(2,3)25(4,5)24-16(17(19,20)21)10-14(22-23-16)13-8-6-12(11-18)7-9-13/h6-9H,10-11H2,1-5H3. The van der Waals surface area contributed by atoms with Gasteiger partial charge in [0.25, 0.3) is 0 Å². The minimum Gasteiger partial charge on any atom is -0.372 e. The first-order valence-corrected chi connectivity index (χ1v) is 12.0. The van der Waals surface area contributed by atoms with Crippen LogP contribution in [0.2, 0.25) is 18.1 Å². The van der Waals surface area contributed by atoms with Crippen molar-refractivity contribution in [2.75, 3.05) is 0 Å². The quantitative estimate of drug-likeness (QED) is 0.427. The number of hydrogen-bond acceptors (Lipinski definition) is 3. The zero-order chi connectivity index (χ0) is 19.1. The number of rotatable bonds is 4. The van der Waals surface area contributed by atoms with Gasteiger partial charge in [-0.3, -0.25) is 0 Å². The molecule has 0 aliphatic carbocycles. The van der Waals surface area contributed by atoms with E-state index in [-0.39, 0.29) is 10.7 Å². The Morgan fingerprint density at radius 1 is 1.20 bits per heavy atom. The van der Waals surface area contributed by atoms with Gasteiger partial charge in [0.15, 0.2) is 8.32 Å². The molecular formula is C17H23BrF3NO2Si. The molecule has 0 radical (unpaired) electrons. The molecule has 2 rings (SSSR count). The average Bonchev–Trinajstić information content (AvgIpc) is 2.90. The zero-order valence-electron chi connectivity index (χ0n) is 15.0. The topological polar surface area (TPSA) is 30.8 Å². The van der Waals surface area contributed by atoms with Gasteiger partial charge in [0.05, 0.1) is 12.1 Å². The van der Waals surface area contributed by atoms with Crippen LogP contribution in [0.15, 0.2) is 29.4 Å². The van der Waals surface area contributed by atoms with Crippen LogP contribution in [0.5, 0.6) is 0 Å². The van der Waals surface area contributed by atoms with Crippen LogP contribution in [0.25, 0.3) is 0 Å². The summed E-state index contributed by atoms with van der Waals surface area (Å²) in [6, 6.07) is 7.18. The highest BCUT2D eigenvalue weighted by molar-refractivity contribution is 9.08. The molecular weight excluding hydrogens is 415 g/mol. The summed E-state index contributed by atoms with van der Waals surface area (Å²) in [5.41, 5.74) is 1.88. The fourth-order valence-electron chi connectivity index (χ4n) is 2.18. The lowest BCUT2D eigenvalue weighted by atomic mass is 10.0. The van der Waals surface area contributed by atoms with Crippen LogP contribution in [0.4, 0.5) is 13.2 Å².